The fourth-order valence-corrected chi connectivity index (χ4v) is 4.32. The number of carbonyl (C=O) groups is 1. The summed E-state index contributed by atoms with van der Waals surface area (Å²) in [5.74, 6) is 1.18. The summed E-state index contributed by atoms with van der Waals surface area (Å²) in [6.45, 7) is 2.13. The van der Waals surface area contributed by atoms with Crippen LogP contribution in [-0.2, 0) is 4.79 Å². The highest BCUT2D eigenvalue weighted by Crippen LogP contribution is 2.38. The first-order valence-electron chi connectivity index (χ1n) is 8.69. The number of nitrogens with zero attached hydrogens (tertiary/aromatic N) is 1. The fraction of sp³-hybridized carbons (Fsp3) is 0.381. The molecule has 3 saturated heterocycles. The number of ketones is 1. The van der Waals surface area contributed by atoms with Gasteiger partial charge in [-0.3, -0.25) is 9.69 Å². The van der Waals surface area contributed by atoms with Gasteiger partial charge in [0.1, 0.15) is 0 Å². The van der Waals surface area contributed by atoms with E-state index in [9.17, 15) is 4.79 Å². The zero-order valence-corrected chi connectivity index (χ0v) is 13.4. The van der Waals surface area contributed by atoms with Crippen LogP contribution >= 0.6 is 0 Å². The molecule has 0 amide bonds. The predicted molar refractivity (Wildman–Crippen MR) is 92.4 cm³/mol. The summed E-state index contributed by atoms with van der Waals surface area (Å²) < 4.78 is 0. The SMILES string of the molecule is O=C1CC2CCN(CC2)C1C(c1ccccc1)c1ccccc1. The molecular weight excluding hydrogens is 282 g/mol. The minimum Gasteiger partial charge on any atom is -0.298 e. The van der Waals surface area contributed by atoms with Crippen LogP contribution in [0.1, 0.15) is 36.3 Å². The third kappa shape index (κ3) is 2.84. The van der Waals surface area contributed by atoms with Crippen molar-refractivity contribution >= 4 is 5.78 Å². The van der Waals surface area contributed by atoms with Gasteiger partial charge >= 0.3 is 0 Å². The van der Waals surface area contributed by atoms with Crippen LogP contribution in [0.15, 0.2) is 60.7 Å². The van der Waals surface area contributed by atoms with Crippen LogP contribution < -0.4 is 0 Å². The molecule has 2 aromatic carbocycles. The minimum absolute atomic E-state index is 0.00713. The molecule has 5 rings (SSSR count). The lowest BCUT2D eigenvalue weighted by atomic mass is 9.82. The summed E-state index contributed by atoms with van der Waals surface area (Å²) in [6, 6.07) is 21.1. The lowest BCUT2D eigenvalue weighted by Crippen LogP contribution is -2.45. The van der Waals surface area contributed by atoms with E-state index in [1.165, 1.54) is 24.0 Å². The van der Waals surface area contributed by atoms with Gasteiger partial charge in [-0.15, -0.1) is 0 Å². The molecule has 3 aliphatic rings. The van der Waals surface area contributed by atoms with Crippen molar-refractivity contribution in [3.05, 3.63) is 71.8 Å². The first-order valence-corrected chi connectivity index (χ1v) is 8.69. The molecule has 3 aliphatic heterocycles. The van der Waals surface area contributed by atoms with Crippen LogP contribution in [0.25, 0.3) is 0 Å². The molecule has 23 heavy (non-hydrogen) atoms. The van der Waals surface area contributed by atoms with E-state index >= 15 is 0 Å². The van der Waals surface area contributed by atoms with E-state index in [4.69, 9.17) is 0 Å². The molecule has 0 radical (unpaired) electrons. The van der Waals surface area contributed by atoms with Gasteiger partial charge in [0.25, 0.3) is 0 Å². The molecule has 2 heteroatoms. The number of rotatable bonds is 3. The Balaban J connectivity index is 1.80. The van der Waals surface area contributed by atoms with Crippen LogP contribution in [0.3, 0.4) is 0 Å². The van der Waals surface area contributed by atoms with Crippen molar-refractivity contribution < 1.29 is 4.79 Å². The number of piperidine rings is 1. The average molecular weight is 305 g/mol. The Morgan fingerprint density at radius 1 is 0.826 bits per heavy atom. The van der Waals surface area contributed by atoms with Gasteiger partial charge in [0.15, 0.2) is 5.78 Å². The predicted octanol–water partition coefficient (Wildman–Crippen LogP) is 3.87. The van der Waals surface area contributed by atoms with Crippen molar-refractivity contribution in [1.29, 1.82) is 0 Å². The maximum atomic E-state index is 13.0. The maximum absolute atomic E-state index is 13.0. The zero-order valence-electron chi connectivity index (χ0n) is 13.4. The standard InChI is InChI=1S/C21H23NO/c23-19-15-16-11-13-22(14-12-16)21(19)20(17-7-3-1-4-8-17)18-9-5-2-6-10-18/h1-10,16,20-21H,11-15H2. The second-order valence-electron chi connectivity index (χ2n) is 6.89. The third-order valence-corrected chi connectivity index (χ3v) is 5.50. The topological polar surface area (TPSA) is 20.3 Å². The fourth-order valence-electron chi connectivity index (χ4n) is 4.32. The Kier molecular flexibility index (Phi) is 4.00. The first-order chi connectivity index (χ1) is 11.3. The molecule has 1 atom stereocenters. The molecule has 3 heterocycles. The molecule has 2 bridgehead atoms. The molecule has 0 aliphatic carbocycles. The van der Waals surface area contributed by atoms with Gasteiger partial charge in [-0.1, -0.05) is 60.7 Å². The normalized spacial score (nSPS) is 27.2. The van der Waals surface area contributed by atoms with Gasteiger partial charge in [0, 0.05) is 12.3 Å². The third-order valence-electron chi connectivity index (χ3n) is 5.50. The second kappa shape index (κ2) is 6.29. The second-order valence-corrected chi connectivity index (χ2v) is 6.89. The molecule has 2 nitrogen and oxygen atoms in total. The number of fused-ring (bicyclic) bond motifs is 4. The van der Waals surface area contributed by atoms with E-state index in [1.54, 1.807) is 0 Å². The van der Waals surface area contributed by atoms with E-state index in [2.05, 4.69) is 53.4 Å². The van der Waals surface area contributed by atoms with Crippen molar-refractivity contribution in [2.24, 2.45) is 5.92 Å². The Hall–Kier alpha value is -1.93. The smallest absolute Gasteiger partial charge is 0.151 e. The molecule has 2 aromatic rings. The van der Waals surface area contributed by atoms with Crippen molar-refractivity contribution in [1.82, 2.24) is 4.90 Å². The molecule has 0 saturated carbocycles. The van der Waals surface area contributed by atoms with Crippen molar-refractivity contribution in [2.75, 3.05) is 13.1 Å². The van der Waals surface area contributed by atoms with E-state index in [0.29, 0.717) is 11.7 Å². The summed E-state index contributed by atoms with van der Waals surface area (Å²) in [6.07, 6.45) is 3.12. The molecule has 0 aromatic heterocycles. The minimum atomic E-state index is -0.00713. The number of benzene rings is 2. The van der Waals surface area contributed by atoms with Crippen molar-refractivity contribution in [3.8, 4) is 0 Å². The van der Waals surface area contributed by atoms with Crippen LogP contribution in [0.2, 0.25) is 0 Å². The highest BCUT2D eigenvalue weighted by Gasteiger charge is 2.41. The summed E-state index contributed by atoms with van der Waals surface area (Å²) in [4.78, 5) is 15.5. The summed E-state index contributed by atoms with van der Waals surface area (Å²) >= 11 is 0. The highest BCUT2D eigenvalue weighted by atomic mass is 16.1. The highest BCUT2D eigenvalue weighted by molar-refractivity contribution is 5.86. The summed E-state index contributed by atoms with van der Waals surface area (Å²) in [5.41, 5.74) is 2.50. The van der Waals surface area contributed by atoms with Gasteiger partial charge in [-0.05, 0) is 43.0 Å². The van der Waals surface area contributed by atoms with Crippen molar-refractivity contribution in [2.45, 2.75) is 31.2 Å². The molecule has 3 fully saturated rings. The number of carbonyl (C=O) groups excluding carboxylic acids is 1. The zero-order chi connectivity index (χ0) is 15.6. The van der Waals surface area contributed by atoms with Crippen molar-refractivity contribution in [3.63, 3.8) is 0 Å². The average Bonchev–Trinajstić information content (AvgIpc) is 2.85. The van der Waals surface area contributed by atoms with Gasteiger partial charge < -0.3 is 0 Å². The number of hydrogen-bond donors (Lipinski definition) is 0. The van der Waals surface area contributed by atoms with Crippen LogP contribution in [0.4, 0.5) is 0 Å². The van der Waals surface area contributed by atoms with Crippen LogP contribution in [0.5, 0.6) is 0 Å². The van der Waals surface area contributed by atoms with Gasteiger partial charge in [-0.2, -0.15) is 0 Å². The Morgan fingerprint density at radius 2 is 1.35 bits per heavy atom. The van der Waals surface area contributed by atoms with Crippen LogP contribution in [0, 0.1) is 5.92 Å². The van der Waals surface area contributed by atoms with Gasteiger partial charge in [0.05, 0.1) is 6.04 Å². The molecule has 1 unspecified atom stereocenters. The molecular formula is C21H23NO. The largest absolute Gasteiger partial charge is 0.298 e. The number of hydrogen-bond acceptors (Lipinski definition) is 2. The Bertz CT molecular complexity index is 619. The lowest BCUT2D eigenvalue weighted by molar-refractivity contribution is -0.123. The van der Waals surface area contributed by atoms with Crippen LogP contribution in [-0.4, -0.2) is 29.8 Å². The maximum Gasteiger partial charge on any atom is 0.151 e. The summed E-state index contributed by atoms with van der Waals surface area (Å²) in [5, 5.41) is 0. The van der Waals surface area contributed by atoms with E-state index in [1.807, 2.05) is 12.1 Å². The Labute approximate surface area is 138 Å². The molecule has 118 valence electrons. The van der Waals surface area contributed by atoms with Gasteiger partial charge in [-0.25, -0.2) is 0 Å². The number of Topliss-reactive ketones (excluding diaryl/α,β-unsaturated/α-hetero) is 1. The first kappa shape index (κ1) is 14.6. The Morgan fingerprint density at radius 3 is 1.87 bits per heavy atom. The lowest BCUT2D eigenvalue weighted by Gasteiger charge is -2.36. The van der Waals surface area contributed by atoms with E-state index < -0.39 is 0 Å². The molecule has 0 spiro atoms. The summed E-state index contributed by atoms with van der Waals surface area (Å²) in [7, 11) is 0. The molecule has 0 N–H and O–H groups in total. The van der Waals surface area contributed by atoms with E-state index in [0.717, 1.165) is 19.5 Å². The van der Waals surface area contributed by atoms with E-state index in [-0.39, 0.29) is 12.0 Å². The monoisotopic (exact) mass is 305 g/mol. The quantitative estimate of drug-likeness (QED) is 0.858. The van der Waals surface area contributed by atoms with Gasteiger partial charge in [0.2, 0.25) is 0 Å².